The highest BCUT2D eigenvalue weighted by atomic mass is 19.1. The topological polar surface area (TPSA) is 37.3 Å². The summed E-state index contributed by atoms with van der Waals surface area (Å²) in [6.45, 7) is 1.47. The van der Waals surface area contributed by atoms with E-state index in [4.69, 9.17) is 5.11 Å². The van der Waals surface area contributed by atoms with Gasteiger partial charge in [-0.15, -0.1) is 0 Å². The first-order chi connectivity index (χ1) is 8.09. The molecule has 0 fully saturated rings. The second-order valence-electron chi connectivity index (χ2n) is 3.81. The van der Waals surface area contributed by atoms with Crippen LogP contribution in [0.3, 0.4) is 0 Å². The molecule has 2 rings (SSSR count). The van der Waals surface area contributed by atoms with E-state index in [-0.39, 0.29) is 5.57 Å². The molecule has 1 N–H and O–H groups in total. The first kappa shape index (κ1) is 11.3. The van der Waals surface area contributed by atoms with Crippen LogP contribution in [0, 0.1) is 0 Å². The summed E-state index contributed by atoms with van der Waals surface area (Å²) in [6.07, 6.45) is 0. The maximum Gasteiger partial charge on any atom is 0.365 e. The number of carbonyl (C=O) groups is 1. The number of benzene rings is 2. The number of rotatable bonds is 2. The zero-order chi connectivity index (χ0) is 12.4. The molecule has 0 aliphatic heterocycles. The normalized spacial score (nSPS) is 12.4. The van der Waals surface area contributed by atoms with Crippen LogP contribution in [-0.2, 0) is 4.79 Å². The van der Waals surface area contributed by atoms with E-state index in [0.29, 0.717) is 5.56 Å². The number of carboxylic acid groups (broad SMARTS) is 1. The van der Waals surface area contributed by atoms with Gasteiger partial charge in [0.05, 0.1) is 0 Å². The molecule has 86 valence electrons. The Labute approximate surface area is 98.0 Å². The lowest BCUT2D eigenvalue weighted by atomic mass is 10.0. The first-order valence-electron chi connectivity index (χ1n) is 5.18. The van der Waals surface area contributed by atoms with Gasteiger partial charge in [-0.05, 0) is 34.9 Å². The number of hydrogen-bond donors (Lipinski definition) is 1. The number of hydrogen-bond acceptors (Lipinski definition) is 1. The van der Waals surface area contributed by atoms with E-state index < -0.39 is 11.8 Å². The Morgan fingerprint density at radius 1 is 1.12 bits per heavy atom. The summed E-state index contributed by atoms with van der Waals surface area (Å²) < 4.78 is 13.3. The molecule has 0 aliphatic rings. The van der Waals surface area contributed by atoms with Crippen molar-refractivity contribution in [2.24, 2.45) is 0 Å². The summed E-state index contributed by atoms with van der Waals surface area (Å²) in [5.41, 5.74) is 0.729. The third-order valence-corrected chi connectivity index (χ3v) is 2.70. The average Bonchev–Trinajstić information content (AvgIpc) is 2.36. The SMILES string of the molecule is C/C(=C(/F)C(=O)O)c1ccc2ccccc2c1. The molecule has 0 aliphatic carbocycles. The van der Waals surface area contributed by atoms with Crippen molar-refractivity contribution < 1.29 is 14.3 Å². The van der Waals surface area contributed by atoms with E-state index in [1.807, 2.05) is 30.3 Å². The molecule has 0 aromatic heterocycles. The smallest absolute Gasteiger partial charge is 0.365 e. The minimum atomic E-state index is -1.53. The van der Waals surface area contributed by atoms with Gasteiger partial charge >= 0.3 is 5.97 Å². The van der Waals surface area contributed by atoms with Crippen molar-refractivity contribution >= 4 is 22.3 Å². The van der Waals surface area contributed by atoms with E-state index in [1.54, 1.807) is 12.1 Å². The number of carboxylic acids is 1. The lowest BCUT2D eigenvalue weighted by Crippen LogP contribution is -1.97. The van der Waals surface area contributed by atoms with Gasteiger partial charge in [0.2, 0.25) is 5.83 Å². The fraction of sp³-hybridized carbons (Fsp3) is 0.0714. The molecule has 0 saturated carbocycles. The third kappa shape index (κ3) is 2.18. The molecule has 2 aromatic carbocycles. The quantitative estimate of drug-likeness (QED) is 0.800. The van der Waals surface area contributed by atoms with Gasteiger partial charge in [0.15, 0.2) is 0 Å². The van der Waals surface area contributed by atoms with Gasteiger partial charge in [0, 0.05) is 0 Å². The molecular weight excluding hydrogens is 219 g/mol. The lowest BCUT2D eigenvalue weighted by molar-refractivity contribution is -0.134. The molecule has 0 unspecified atom stereocenters. The molecule has 0 heterocycles. The van der Waals surface area contributed by atoms with Crippen molar-refractivity contribution in [3.8, 4) is 0 Å². The highest BCUT2D eigenvalue weighted by molar-refractivity contribution is 5.95. The van der Waals surface area contributed by atoms with E-state index in [1.165, 1.54) is 6.92 Å². The lowest BCUT2D eigenvalue weighted by Gasteiger charge is -2.04. The van der Waals surface area contributed by atoms with Crippen molar-refractivity contribution in [1.82, 2.24) is 0 Å². The zero-order valence-corrected chi connectivity index (χ0v) is 9.27. The third-order valence-electron chi connectivity index (χ3n) is 2.70. The zero-order valence-electron chi connectivity index (χ0n) is 9.27. The van der Waals surface area contributed by atoms with Gasteiger partial charge in [-0.2, -0.15) is 4.39 Å². The van der Waals surface area contributed by atoms with Crippen LogP contribution < -0.4 is 0 Å². The van der Waals surface area contributed by atoms with Crippen LogP contribution >= 0.6 is 0 Å². The van der Waals surface area contributed by atoms with Gasteiger partial charge in [0.25, 0.3) is 0 Å². The van der Waals surface area contributed by atoms with E-state index >= 15 is 0 Å². The molecule has 0 amide bonds. The van der Waals surface area contributed by atoms with Crippen LogP contribution in [0.5, 0.6) is 0 Å². The fourth-order valence-corrected chi connectivity index (χ4v) is 1.71. The van der Waals surface area contributed by atoms with Crippen LogP contribution in [0.2, 0.25) is 0 Å². The molecular formula is C14H11FO2. The van der Waals surface area contributed by atoms with Crippen LogP contribution in [0.4, 0.5) is 4.39 Å². The molecule has 2 nitrogen and oxygen atoms in total. The highest BCUT2D eigenvalue weighted by Crippen LogP contribution is 2.23. The van der Waals surface area contributed by atoms with Gasteiger partial charge in [0.1, 0.15) is 0 Å². The second-order valence-corrected chi connectivity index (χ2v) is 3.81. The molecule has 3 heteroatoms. The van der Waals surface area contributed by atoms with Crippen molar-refractivity contribution in [3.05, 3.63) is 53.9 Å². The highest BCUT2D eigenvalue weighted by Gasteiger charge is 2.11. The van der Waals surface area contributed by atoms with Gasteiger partial charge in [-0.1, -0.05) is 36.4 Å². The summed E-state index contributed by atoms with van der Waals surface area (Å²) >= 11 is 0. The Morgan fingerprint density at radius 2 is 1.76 bits per heavy atom. The van der Waals surface area contributed by atoms with Crippen molar-refractivity contribution in [3.63, 3.8) is 0 Å². The van der Waals surface area contributed by atoms with Gasteiger partial charge < -0.3 is 5.11 Å². The Kier molecular flexibility index (Phi) is 2.91. The maximum absolute atomic E-state index is 13.3. The summed E-state index contributed by atoms with van der Waals surface area (Å²) in [5, 5.41) is 10.6. The van der Waals surface area contributed by atoms with Gasteiger partial charge in [-0.3, -0.25) is 0 Å². The van der Waals surface area contributed by atoms with E-state index in [9.17, 15) is 9.18 Å². The largest absolute Gasteiger partial charge is 0.476 e. The van der Waals surface area contributed by atoms with Crippen LogP contribution in [0.1, 0.15) is 12.5 Å². The first-order valence-corrected chi connectivity index (χ1v) is 5.18. The van der Waals surface area contributed by atoms with Crippen molar-refractivity contribution in [1.29, 1.82) is 0 Å². The Morgan fingerprint density at radius 3 is 2.41 bits per heavy atom. The van der Waals surface area contributed by atoms with Crippen LogP contribution in [0.15, 0.2) is 48.3 Å². The Balaban J connectivity index is 2.57. The molecule has 0 spiro atoms. The summed E-state index contributed by atoms with van der Waals surface area (Å²) in [7, 11) is 0. The minimum Gasteiger partial charge on any atom is -0.476 e. The van der Waals surface area contributed by atoms with E-state index in [2.05, 4.69) is 0 Å². The van der Waals surface area contributed by atoms with Gasteiger partial charge in [-0.25, -0.2) is 4.79 Å². The average molecular weight is 230 g/mol. The molecule has 0 atom stereocenters. The molecule has 0 bridgehead atoms. The number of aliphatic carboxylic acids is 1. The monoisotopic (exact) mass is 230 g/mol. The number of fused-ring (bicyclic) bond motifs is 1. The fourth-order valence-electron chi connectivity index (χ4n) is 1.71. The van der Waals surface area contributed by atoms with Crippen LogP contribution in [-0.4, -0.2) is 11.1 Å². The van der Waals surface area contributed by atoms with Crippen molar-refractivity contribution in [2.75, 3.05) is 0 Å². The number of halogens is 1. The Bertz CT molecular complexity index is 614. The standard InChI is InChI=1S/C14H11FO2/c1-9(13(15)14(16)17)11-7-6-10-4-2-3-5-12(10)8-11/h2-8H,1H3,(H,16,17)/b13-9-. The summed E-state index contributed by atoms with van der Waals surface area (Å²) in [6, 6.07) is 13.0. The Hall–Kier alpha value is -2.16. The van der Waals surface area contributed by atoms with E-state index in [0.717, 1.165) is 10.8 Å². The maximum atomic E-state index is 13.3. The molecule has 0 radical (unpaired) electrons. The van der Waals surface area contributed by atoms with Crippen LogP contribution in [0.25, 0.3) is 16.3 Å². The predicted molar refractivity (Wildman–Crippen MR) is 65.3 cm³/mol. The number of allylic oxidation sites excluding steroid dienone is 1. The summed E-state index contributed by atoms with van der Waals surface area (Å²) in [4.78, 5) is 10.5. The molecule has 17 heavy (non-hydrogen) atoms. The summed E-state index contributed by atoms with van der Waals surface area (Å²) in [5.74, 6) is -2.64. The molecule has 2 aromatic rings. The predicted octanol–water partition coefficient (Wildman–Crippen LogP) is 3.62. The minimum absolute atomic E-state index is 0.142. The second kappa shape index (κ2) is 4.37. The molecule has 0 saturated heterocycles. The van der Waals surface area contributed by atoms with Crippen molar-refractivity contribution in [2.45, 2.75) is 6.92 Å².